The van der Waals surface area contributed by atoms with Crippen LogP contribution in [0.15, 0.2) is 10.6 Å². The molecule has 0 N–H and O–H groups in total. The topological polar surface area (TPSA) is 34.1 Å². The zero-order valence-corrected chi connectivity index (χ0v) is 7.94. The highest BCUT2D eigenvalue weighted by molar-refractivity contribution is 6.38. The predicted octanol–water partition coefficient (Wildman–Crippen LogP) is 2.07. The molecule has 0 aromatic rings. The van der Waals surface area contributed by atoms with Crippen molar-refractivity contribution in [1.82, 2.24) is 0 Å². The van der Waals surface area contributed by atoms with Crippen LogP contribution in [0.1, 0.15) is 26.7 Å². The van der Waals surface area contributed by atoms with Crippen molar-refractivity contribution < 1.29 is 9.59 Å². The summed E-state index contributed by atoms with van der Waals surface area (Å²) >= 11 is 5.75. The molecule has 0 saturated carbocycles. The Kier molecular flexibility index (Phi) is 2.68. The molecule has 0 aromatic heterocycles. The first-order valence-corrected chi connectivity index (χ1v) is 4.38. The lowest BCUT2D eigenvalue weighted by molar-refractivity contribution is -0.122. The Morgan fingerprint density at radius 2 is 2.00 bits per heavy atom. The molecule has 0 aliphatic heterocycles. The van der Waals surface area contributed by atoms with E-state index in [9.17, 15) is 9.59 Å². The summed E-state index contributed by atoms with van der Waals surface area (Å²) in [5, 5.41) is 0.443. The minimum atomic E-state index is -0.143. The van der Waals surface area contributed by atoms with Gasteiger partial charge in [0.05, 0.1) is 5.57 Å². The Hall–Kier alpha value is -0.630. The van der Waals surface area contributed by atoms with Crippen LogP contribution in [0.5, 0.6) is 0 Å². The fraction of sp³-hybridized carbons (Fsp3) is 0.556. The van der Waals surface area contributed by atoms with Crippen LogP contribution >= 0.6 is 11.6 Å². The molecule has 0 spiro atoms. The van der Waals surface area contributed by atoms with Crippen LogP contribution < -0.4 is 0 Å². The number of allylic oxidation sites excluding steroid dienone is 2. The molecule has 2 nitrogen and oxygen atoms in total. The Morgan fingerprint density at radius 3 is 2.33 bits per heavy atom. The molecule has 0 radical (unpaired) electrons. The van der Waals surface area contributed by atoms with Crippen molar-refractivity contribution in [2.24, 2.45) is 5.92 Å². The molecule has 0 saturated heterocycles. The Bertz CT molecular complexity index is 264. The number of rotatable bonds is 2. The Morgan fingerprint density at radius 1 is 1.42 bits per heavy atom. The van der Waals surface area contributed by atoms with Gasteiger partial charge in [0, 0.05) is 17.4 Å². The lowest BCUT2D eigenvalue weighted by Crippen LogP contribution is -2.15. The second-order valence-electron chi connectivity index (χ2n) is 3.22. The van der Waals surface area contributed by atoms with E-state index in [2.05, 4.69) is 0 Å². The van der Waals surface area contributed by atoms with Gasteiger partial charge in [0.25, 0.3) is 0 Å². The van der Waals surface area contributed by atoms with Crippen molar-refractivity contribution in [1.29, 1.82) is 0 Å². The number of carbonyl (C=O) groups is 2. The SMILES string of the molecule is CC(C)C(=O)C1=C(Cl)CCC1=O. The average molecular weight is 187 g/mol. The minimum Gasteiger partial charge on any atom is -0.294 e. The molecule has 0 heterocycles. The highest BCUT2D eigenvalue weighted by atomic mass is 35.5. The van der Waals surface area contributed by atoms with Gasteiger partial charge in [-0.3, -0.25) is 9.59 Å². The number of hydrogen-bond acceptors (Lipinski definition) is 2. The summed E-state index contributed by atoms with van der Waals surface area (Å²) in [5.41, 5.74) is 0.242. The lowest BCUT2D eigenvalue weighted by Gasteiger charge is -2.03. The molecule has 0 fully saturated rings. The van der Waals surface area contributed by atoms with E-state index < -0.39 is 0 Å². The van der Waals surface area contributed by atoms with Gasteiger partial charge in [0.1, 0.15) is 0 Å². The molecule has 0 aromatic carbocycles. The molecule has 3 heteroatoms. The number of ketones is 2. The van der Waals surface area contributed by atoms with Gasteiger partial charge in [-0.15, -0.1) is 0 Å². The summed E-state index contributed by atoms with van der Waals surface area (Å²) in [6.45, 7) is 3.54. The highest BCUT2D eigenvalue weighted by Gasteiger charge is 2.28. The highest BCUT2D eigenvalue weighted by Crippen LogP contribution is 2.28. The van der Waals surface area contributed by atoms with Crippen LogP contribution in [0.2, 0.25) is 0 Å². The zero-order valence-electron chi connectivity index (χ0n) is 7.19. The van der Waals surface area contributed by atoms with Crippen LogP contribution in [-0.4, -0.2) is 11.6 Å². The summed E-state index contributed by atoms with van der Waals surface area (Å²) in [4.78, 5) is 22.6. The van der Waals surface area contributed by atoms with E-state index in [-0.39, 0.29) is 23.1 Å². The van der Waals surface area contributed by atoms with Crippen LogP contribution in [0.4, 0.5) is 0 Å². The van der Waals surface area contributed by atoms with E-state index in [1.165, 1.54) is 0 Å². The lowest BCUT2D eigenvalue weighted by atomic mass is 10.0. The number of halogens is 1. The van der Waals surface area contributed by atoms with Gasteiger partial charge in [-0.2, -0.15) is 0 Å². The smallest absolute Gasteiger partial charge is 0.170 e. The van der Waals surface area contributed by atoms with Gasteiger partial charge in [0.2, 0.25) is 0 Å². The third-order valence-electron chi connectivity index (χ3n) is 1.89. The van der Waals surface area contributed by atoms with Gasteiger partial charge >= 0.3 is 0 Å². The van der Waals surface area contributed by atoms with Crippen molar-refractivity contribution in [3.63, 3.8) is 0 Å². The van der Waals surface area contributed by atoms with Crippen molar-refractivity contribution in [2.75, 3.05) is 0 Å². The zero-order chi connectivity index (χ0) is 9.30. The summed E-state index contributed by atoms with van der Waals surface area (Å²) in [7, 11) is 0. The Labute approximate surface area is 76.6 Å². The minimum absolute atomic E-state index is 0.0984. The normalized spacial score (nSPS) is 17.8. The summed E-state index contributed by atoms with van der Waals surface area (Å²) in [6.07, 6.45) is 0.931. The van der Waals surface area contributed by atoms with E-state index in [4.69, 9.17) is 11.6 Å². The monoisotopic (exact) mass is 186 g/mol. The van der Waals surface area contributed by atoms with Crippen molar-refractivity contribution in [3.8, 4) is 0 Å². The summed E-state index contributed by atoms with van der Waals surface area (Å²) < 4.78 is 0. The maximum Gasteiger partial charge on any atom is 0.170 e. The quantitative estimate of drug-likeness (QED) is 0.619. The van der Waals surface area contributed by atoms with E-state index >= 15 is 0 Å². The molecule has 0 bridgehead atoms. The van der Waals surface area contributed by atoms with Crippen LogP contribution in [0, 0.1) is 5.92 Å². The number of Topliss-reactive ketones (excluding diaryl/α,β-unsaturated/α-hetero) is 2. The van der Waals surface area contributed by atoms with Gasteiger partial charge in [-0.05, 0) is 6.42 Å². The summed E-state index contributed by atoms with van der Waals surface area (Å²) in [6, 6.07) is 0. The molecule has 0 atom stereocenters. The van der Waals surface area contributed by atoms with Crippen molar-refractivity contribution in [3.05, 3.63) is 10.6 Å². The van der Waals surface area contributed by atoms with E-state index in [1.54, 1.807) is 13.8 Å². The molecule has 1 aliphatic rings. The second kappa shape index (κ2) is 3.40. The van der Waals surface area contributed by atoms with Crippen LogP contribution in [-0.2, 0) is 9.59 Å². The maximum absolute atomic E-state index is 11.4. The molecule has 0 amide bonds. The van der Waals surface area contributed by atoms with Gasteiger partial charge < -0.3 is 0 Å². The third kappa shape index (κ3) is 1.58. The van der Waals surface area contributed by atoms with Crippen LogP contribution in [0.25, 0.3) is 0 Å². The molecule has 1 aliphatic carbocycles. The van der Waals surface area contributed by atoms with E-state index in [0.29, 0.717) is 17.9 Å². The van der Waals surface area contributed by atoms with Crippen LogP contribution in [0.3, 0.4) is 0 Å². The molecule has 0 unspecified atom stereocenters. The first-order valence-electron chi connectivity index (χ1n) is 4.00. The third-order valence-corrected chi connectivity index (χ3v) is 2.27. The van der Waals surface area contributed by atoms with E-state index in [1.807, 2.05) is 0 Å². The first-order chi connectivity index (χ1) is 5.54. The molecule has 66 valence electrons. The largest absolute Gasteiger partial charge is 0.294 e. The average Bonchev–Trinajstić information content (AvgIpc) is 2.30. The van der Waals surface area contributed by atoms with Gasteiger partial charge in [-0.1, -0.05) is 25.4 Å². The molecular formula is C9H11ClO2. The number of hydrogen-bond donors (Lipinski definition) is 0. The van der Waals surface area contributed by atoms with E-state index in [0.717, 1.165) is 0 Å². The standard InChI is InChI=1S/C9H11ClO2/c1-5(2)9(12)8-6(10)3-4-7(8)11/h5H,3-4H2,1-2H3. The van der Waals surface area contributed by atoms with Gasteiger partial charge in [-0.25, -0.2) is 0 Å². The van der Waals surface area contributed by atoms with Gasteiger partial charge in [0.15, 0.2) is 11.6 Å². The molecule has 1 rings (SSSR count). The fourth-order valence-corrected chi connectivity index (χ4v) is 1.48. The first kappa shape index (κ1) is 9.46. The fourth-order valence-electron chi connectivity index (χ4n) is 1.18. The number of carbonyl (C=O) groups excluding carboxylic acids is 2. The molecular weight excluding hydrogens is 176 g/mol. The predicted molar refractivity (Wildman–Crippen MR) is 47.0 cm³/mol. The van der Waals surface area contributed by atoms with Crippen molar-refractivity contribution >= 4 is 23.2 Å². The summed E-state index contributed by atoms with van der Waals surface area (Å²) in [5.74, 6) is -0.364. The van der Waals surface area contributed by atoms with Crippen molar-refractivity contribution in [2.45, 2.75) is 26.7 Å². The Balaban J connectivity index is 2.94. The maximum atomic E-state index is 11.4. The second-order valence-corrected chi connectivity index (χ2v) is 3.68. The molecule has 12 heavy (non-hydrogen) atoms.